The zero-order valence-corrected chi connectivity index (χ0v) is 11.5. The molecular formula is C16H21NO2. The third-order valence-corrected chi connectivity index (χ3v) is 4.41. The average molecular weight is 259 g/mol. The minimum Gasteiger partial charge on any atom is -0.381 e. The van der Waals surface area contributed by atoms with Crippen LogP contribution in [0.4, 0.5) is 0 Å². The van der Waals surface area contributed by atoms with E-state index in [1.165, 1.54) is 24.0 Å². The first kappa shape index (κ1) is 12.7. The van der Waals surface area contributed by atoms with Crippen LogP contribution in [0, 0.1) is 0 Å². The van der Waals surface area contributed by atoms with Gasteiger partial charge in [-0.05, 0) is 55.4 Å². The zero-order valence-electron chi connectivity index (χ0n) is 11.5. The molecule has 1 saturated heterocycles. The Labute approximate surface area is 114 Å². The van der Waals surface area contributed by atoms with E-state index in [0.29, 0.717) is 6.10 Å². The van der Waals surface area contributed by atoms with Crippen molar-refractivity contribution in [3.63, 3.8) is 0 Å². The van der Waals surface area contributed by atoms with Crippen LogP contribution >= 0.6 is 0 Å². The quantitative estimate of drug-likeness (QED) is 0.816. The topological polar surface area (TPSA) is 29.5 Å². The number of nitrogens with zero attached hydrogens (tertiary/aromatic N) is 1. The van der Waals surface area contributed by atoms with Gasteiger partial charge in [0.05, 0.1) is 6.10 Å². The SMILES string of the molecule is COC1CCN(C(=O)c2ccc3c(c2)CCC3)CC1. The third-order valence-electron chi connectivity index (χ3n) is 4.41. The molecule has 3 nitrogen and oxygen atoms in total. The van der Waals surface area contributed by atoms with Gasteiger partial charge in [0.1, 0.15) is 0 Å². The Kier molecular flexibility index (Phi) is 3.56. The van der Waals surface area contributed by atoms with Gasteiger partial charge in [-0.3, -0.25) is 4.79 Å². The molecule has 0 spiro atoms. The molecule has 0 bridgehead atoms. The molecule has 1 aliphatic carbocycles. The Bertz CT molecular complexity index is 476. The molecule has 0 atom stereocenters. The number of carbonyl (C=O) groups excluding carboxylic acids is 1. The Morgan fingerprint density at radius 2 is 1.95 bits per heavy atom. The van der Waals surface area contributed by atoms with E-state index in [2.05, 4.69) is 12.1 Å². The highest BCUT2D eigenvalue weighted by Gasteiger charge is 2.24. The van der Waals surface area contributed by atoms with Crippen LogP contribution in [0.2, 0.25) is 0 Å². The summed E-state index contributed by atoms with van der Waals surface area (Å²) in [6.07, 6.45) is 5.75. The van der Waals surface area contributed by atoms with Crippen molar-refractivity contribution >= 4 is 5.91 Å². The molecule has 1 aliphatic heterocycles. The molecule has 19 heavy (non-hydrogen) atoms. The standard InChI is InChI=1S/C16H21NO2/c1-19-15-7-9-17(10-8-15)16(18)14-6-5-12-3-2-4-13(12)11-14/h5-6,11,15H,2-4,7-10H2,1H3. The molecule has 0 saturated carbocycles. The summed E-state index contributed by atoms with van der Waals surface area (Å²) in [5.41, 5.74) is 3.66. The number of benzene rings is 1. The number of rotatable bonds is 2. The summed E-state index contributed by atoms with van der Waals surface area (Å²) in [4.78, 5) is 14.4. The second kappa shape index (κ2) is 5.33. The fourth-order valence-electron chi connectivity index (χ4n) is 3.18. The second-order valence-electron chi connectivity index (χ2n) is 5.56. The van der Waals surface area contributed by atoms with E-state index < -0.39 is 0 Å². The largest absolute Gasteiger partial charge is 0.381 e. The van der Waals surface area contributed by atoms with Crippen LogP contribution < -0.4 is 0 Å². The highest BCUT2D eigenvalue weighted by Crippen LogP contribution is 2.24. The number of piperidine rings is 1. The molecule has 0 unspecified atom stereocenters. The number of likely N-dealkylation sites (tertiary alicyclic amines) is 1. The van der Waals surface area contributed by atoms with Crippen LogP contribution in [0.15, 0.2) is 18.2 Å². The molecule has 1 aromatic rings. The summed E-state index contributed by atoms with van der Waals surface area (Å²) in [5.74, 6) is 0.184. The summed E-state index contributed by atoms with van der Waals surface area (Å²) in [5, 5.41) is 0. The van der Waals surface area contributed by atoms with E-state index in [1.54, 1.807) is 7.11 Å². The first-order valence-corrected chi connectivity index (χ1v) is 7.22. The smallest absolute Gasteiger partial charge is 0.253 e. The van der Waals surface area contributed by atoms with Gasteiger partial charge in [-0.1, -0.05) is 6.07 Å². The van der Waals surface area contributed by atoms with Gasteiger partial charge in [-0.25, -0.2) is 0 Å². The maximum Gasteiger partial charge on any atom is 0.253 e. The molecule has 1 heterocycles. The number of ether oxygens (including phenoxy) is 1. The molecule has 3 rings (SSSR count). The average Bonchev–Trinajstić information content (AvgIpc) is 2.94. The maximum atomic E-state index is 12.5. The predicted octanol–water partition coefficient (Wildman–Crippen LogP) is 2.43. The van der Waals surface area contributed by atoms with Gasteiger partial charge in [0, 0.05) is 25.8 Å². The fourth-order valence-corrected chi connectivity index (χ4v) is 3.18. The third kappa shape index (κ3) is 2.52. The van der Waals surface area contributed by atoms with Crippen LogP contribution in [0.1, 0.15) is 40.7 Å². The second-order valence-corrected chi connectivity index (χ2v) is 5.56. The molecule has 1 aromatic carbocycles. The van der Waals surface area contributed by atoms with Crippen molar-refractivity contribution in [1.82, 2.24) is 4.90 Å². The maximum absolute atomic E-state index is 12.5. The lowest BCUT2D eigenvalue weighted by Crippen LogP contribution is -2.40. The van der Waals surface area contributed by atoms with Gasteiger partial charge < -0.3 is 9.64 Å². The number of amides is 1. The van der Waals surface area contributed by atoms with Gasteiger partial charge in [0.25, 0.3) is 5.91 Å². The van der Waals surface area contributed by atoms with Gasteiger partial charge >= 0.3 is 0 Å². The Morgan fingerprint density at radius 3 is 2.68 bits per heavy atom. The van der Waals surface area contributed by atoms with E-state index in [4.69, 9.17) is 4.74 Å². The molecule has 1 fully saturated rings. The van der Waals surface area contributed by atoms with Crippen molar-refractivity contribution < 1.29 is 9.53 Å². The van der Waals surface area contributed by atoms with Crippen molar-refractivity contribution in [2.75, 3.05) is 20.2 Å². The Morgan fingerprint density at radius 1 is 1.21 bits per heavy atom. The van der Waals surface area contributed by atoms with E-state index in [-0.39, 0.29) is 5.91 Å². The number of hydrogen-bond donors (Lipinski definition) is 0. The lowest BCUT2D eigenvalue weighted by atomic mass is 10.0. The van der Waals surface area contributed by atoms with Crippen LogP contribution in [0.3, 0.4) is 0 Å². The van der Waals surface area contributed by atoms with Crippen LogP contribution in [-0.2, 0) is 17.6 Å². The summed E-state index contributed by atoms with van der Waals surface area (Å²) in [6.45, 7) is 1.63. The molecule has 3 heteroatoms. The zero-order chi connectivity index (χ0) is 13.2. The molecular weight excluding hydrogens is 238 g/mol. The van der Waals surface area contributed by atoms with Gasteiger partial charge in [-0.15, -0.1) is 0 Å². The van der Waals surface area contributed by atoms with Crippen molar-refractivity contribution in [1.29, 1.82) is 0 Å². The highest BCUT2D eigenvalue weighted by molar-refractivity contribution is 5.94. The Balaban J connectivity index is 1.70. The highest BCUT2D eigenvalue weighted by atomic mass is 16.5. The summed E-state index contributed by atoms with van der Waals surface area (Å²) in [7, 11) is 1.75. The number of carbonyl (C=O) groups is 1. The monoisotopic (exact) mass is 259 g/mol. The van der Waals surface area contributed by atoms with Gasteiger partial charge in [0.2, 0.25) is 0 Å². The van der Waals surface area contributed by atoms with E-state index in [1.807, 2.05) is 11.0 Å². The van der Waals surface area contributed by atoms with Gasteiger partial charge in [-0.2, -0.15) is 0 Å². The van der Waals surface area contributed by atoms with Gasteiger partial charge in [0.15, 0.2) is 0 Å². The molecule has 2 aliphatic rings. The molecule has 0 N–H and O–H groups in total. The number of methoxy groups -OCH3 is 1. The molecule has 0 radical (unpaired) electrons. The minimum absolute atomic E-state index is 0.184. The van der Waals surface area contributed by atoms with Crippen molar-refractivity contribution in [2.24, 2.45) is 0 Å². The normalized spacial score (nSPS) is 19.5. The summed E-state index contributed by atoms with van der Waals surface area (Å²) in [6, 6.07) is 6.24. The molecule has 0 aromatic heterocycles. The van der Waals surface area contributed by atoms with Crippen LogP contribution in [0.5, 0.6) is 0 Å². The van der Waals surface area contributed by atoms with E-state index in [0.717, 1.165) is 37.9 Å². The molecule has 102 valence electrons. The number of aryl methyl sites for hydroxylation is 2. The number of hydrogen-bond acceptors (Lipinski definition) is 2. The van der Waals surface area contributed by atoms with E-state index in [9.17, 15) is 4.79 Å². The van der Waals surface area contributed by atoms with Crippen LogP contribution in [-0.4, -0.2) is 37.1 Å². The Hall–Kier alpha value is -1.35. The van der Waals surface area contributed by atoms with Crippen molar-refractivity contribution in [3.8, 4) is 0 Å². The van der Waals surface area contributed by atoms with Crippen molar-refractivity contribution in [2.45, 2.75) is 38.2 Å². The lowest BCUT2D eigenvalue weighted by Gasteiger charge is -2.31. The summed E-state index contributed by atoms with van der Waals surface area (Å²) < 4.78 is 5.35. The first-order chi connectivity index (χ1) is 9.28. The minimum atomic E-state index is 0.184. The first-order valence-electron chi connectivity index (χ1n) is 7.22. The van der Waals surface area contributed by atoms with Crippen LogP contribution in [0.25, 0.3) is 0 Å². The van der Waals surface area contributed by atoms with E-state index >= 15 is 0 Å². The lowest BCUT2D eigenvalue weighted by molar-refractivity contribution is 0.0350. The molecule has 1 amide bonds. The van der Waals surface area contributed by atoms with Crippen molar-refractivity contribution in [3.05, 3.63) is 34.9 Å². The summed E-state index contributed by atoms with van der Waals surface area (Å²) >= 11 is 0. The fraction of sp³-hybridized carbons (Fsp3) is 0.562. The predicted molar refractivity (Wildman–Crippen MR) is 74.4 cm³/mol. The number of fused-ring (bicyclic) bond motifs is 1.